The van der Waals surface area contributed by atoms with Crippen LogP contribution in [0.25, 0.3) is 0 Å². The minimum absolute atomic E-state index is 0.0470. The first kappa shape index (κ1) is 9.54. The second kappa shape index (κ2) is 4.47. The molecule has 0 unspecified atom stereocenters. The van der Waals surface area contributed by atoms with Gasteiger partial charge >= 0.3 is 5.97 Å². The summed E-state index contributed by atoms with van der Waals surface area (Å²) < 4.78 is 0. The number of nitrogens with zero attached hydrogens (tertiary/aromatic N) is 1. The number of benzene rings is 1. The van der Waals surface area contributed by atoms with Crippen molar-refractivity contribution in [2.45, 2.75) is 6.42 Å². The molecule has 0 amide bonds. The molecule has 0 bridgehead atoms. The first-order chi connectivity index (χ1) is 6.20. The molecule has 0 aliphatic carbocycles. The summed E-state index contributed by atoms with van der Waals surface area (Å²) in [4.78, 5) is 10.3. The molecule has 3 N–H and O–H groups in total. The van der Waals surface area contributed by atoms with Crippen molar-refractivity contribution >= 4 is 11.7 Å². The molecule has 0 aliphatic heterocycles. The lowest BCUT2D eigenvalue weighted by molar-refractivity contribution is -0.136. The fourth-order valence-electron chi connectivity index (χ4n) is 0.965. The van der Waals surface area contributed by atoms with Crippen LogP contribution in [0, 0.1) is 0 Å². The van der Waals surface area contributed by atoms with E-state index in [0.29, 0.717) is 6.54 Å². The Labute approximate surface area is 76.6 Å². The van der Waals surface area contributed by atoms with Crippen molar-refractivity contribution in [2.75, 3.05) is 11.6 Å². The minimum atomic E-state index is -0.841. The van der Waals surface area contributed by atoms with Gasteiger partial charge in [0.2, 0.25) is 0 Å². The number of carboxylic acid groups (broad SMARTS) is 1. The second-order valence-corrected chi connectivity index (χ2v) is 2.67. The highest BCUT2D eigenvalue weighted by atomic mass is 16.4. The third-order valence-electron chi connectivity index (χ3n) is 1.65. The van der Waals surface area contributed by atoms with E-state index < -0.39 is 5.97 Å². The predicted molar refractivity (Wildman–Crippen MR) is 50.2 cm³/mol. The van der Waals surface area contributed by atoms with Gasteiger partial charge in [-0.05, 0) is 12.1 Å². The molecule has 0 aromatic heterocycles. The number of para-hydroxylation sites is 1. The molecule has 1 aromatic rings. The fourth-order valence-corrected chi connectivity index (χ4v) is 0.965. The van der Waals surface area contributed by atoms with Gasteiger partial charge in [0.1, 0.15) is 0 Å². The van der Waals surface area contributed by atoms with Gasteiger partial charge in [0.25, 0.3) is 0 Å². The molecule has 1 aromatic carbocycles. The number of hydrazine groups is 1. The molecule has 0 radical (unpaired) electrons. The van der Waals surface area contributed by atoms with E-state index in [1.54, 1.807) is 0 Å². The molecule has 0 saturated heterocycles. The number of nitrogens with two attached hydrogens (primary N) is 1. The van der Waals surface area contributed by atoms with Gasteiger partial charge in [-0.1, -0.05) is 18.2 Å². The van der Waals surface area contributed by atoms with Crippen molar-refractivity contribution in [3.63, 3.8) is 0 Å². The van der Waals surface area contributed by atoms with Crippen LogP contribution in [0.15, 0.2) is 30.3 Å². The summed E-state index contributed by atoms with van der Waals surface area (Å²) in [7, 11) is 0. The van der Waals surface area contributed by atoms with Crippen molar-refractivity contribution in [3.05, 3.63) is 30.3 Å². The number of hydrogen-bond donors (Lipinski definition) is 2. The second-order valence-electron chi connectivity index (χ2n) is 2.67. The van der Waals surface area contributed by atoms with Crippen LogP contribution < -0.4 is 10.9 Å². The number of aliphatic carboxylic acids is 1. The molecule has 0 spiro atoms. The summed E-state index contributed by atoms with van der Waals surface area (Å²) in [6, 6.07) is 9.27. The SMILES string of the molecule is NN(CCC(=O)O)c1ccccc1. The van der Waals surface area contributed by atoms with Crippen molar-refractivity contribution in [1.82, 2.24) is 0 Å². The van der Waals surface area contributed by atoms with E-state index in [2.05, 4.69) is 0 Å². The number of rotatable bonds is 4. The van der Waals surface area contributed by atoms with Crippen LogP contribution in [0.3, 0.4) is 0 Å². The Kier molecular flexibility index (Phi) is 3.28. The zero-order valence-electron chi connectivity index (χ0n) is 7.18. The maximum atomic E-state index is 10.3. The maximum absolute atomic E-state index is 10.3. The van der Waals surface area contributed by atoms with E-state index in [-0.39, 0.29) is 6.42 Å². The zero-order valence-corrected chi connectivity index (χ0v) is 7.18. The van der Waals surface area contributed by atoms with E-state index in [0.717, 1.165) is 5.69 Å². The Morgan fingerprint density at radius 3 is 2.54 bits per heavy atom. The van der Waals surface area contributed by atoms with Gasteiger partial charge in [0.15, 0.2) is 0 Å². The number of carbonyl (C=O) groups is 1. The zero-order chi connectivity index (χ0) is 9.68. The Morgan fingerprint density at radius 1 is 1.38 bits per heavy atom. The molecule has 1 rings (SSSR count). The topological polar surface area (TPSA) is 66.6 Å². The summed E-state index contributed by atoms with van der Waals surface area (Å²) in [5.74, 6) is 4.77. The molecule has 4 heteroatoms. The first-order valence-electron chi connectivity index (χ1n) is 3.99. The summed E-state index contributed by atoms with van der Waals surface area (Å²) in [5, 5.41) is 9.85. The van der Waals surface area contributed by atoms with Crippen LogP contribution in [-0.4, -0.2) is 17.6 Å². The van der Waals surface area contributed by atoms with Gasteiger partial charge in [0.05, 0.1) is 12.1 Å². The van der Waals surface area contributed by atoms with Gasteiger partial charge in [-0.2, -0.15) is 0 Å². The van der Waals surface area contributed by atoms with E-state index in [4.69, 9.17) is 10.9 Å². The van der Waals surface area contributed by atoms with E-state index in [1.165, 1.54) is 5.01 Å². The van der Waals surface area contributed by atoms with Crippen LogP contribution in [-0.2, 0) is 4.79 Å². The first-order valence-corrected chi connectivity index (χ1v) is 3.99. The van der Waals surface area contributed by atoms with Gasteiger partial charge in [0, 0.05) is 6.54 Å². The highest BCUT2D eigenvalue weighted by Gasteiger charge is 2.02. The number of hydrogen-bond acceptors (Lipinski definition) is 3. The van der Waals surface area contributed by atoms with Gasteiger partial charge in [-0.25, -0.2) is 5.84 Å². The molecule has 13 heavy (non-hydrogen) atoms. The molecule has 0 heterocycles. The normalized spacial score (nSPS) is 9.62. The number of carboxylic acids is 1. The summed E-state index contributed by atoms with van der Waals surface area (Å²) in [6.07, 6.45) is 0.0470. The lowest BCUT2D eigenvalue weighted by Crippen LogP contribution is -2.32. The summed E-state index contributed by atoms with van der Waals surface area (Å²) in [5.41, 5.74) is 0.823. The van der Waals surface area contributed by atoms with E-state index >= 15 is 0 Å². The fraction of sp³-hybridized carbons (Fsp3) is 0.222. The molecule has 0 saturated carbocycles. The maximum Gasteiger partial charge on any atom is 0.305 e. The standard InChI is InChI=1S/C9H12N2O2/c10-11(7-6-9(12)13)8-4-2-1-3-5-8/h1-5H,6-7,10H2,(H,12,13). The Balaban J connectivity index is 2.49. The lowest BCUT2D eigenvalue weighted by Gasteiger charge is -2.16. The quantitative estimate of drug-likeness (QED) is 0.532. The van der Waals surface area contributed by atoms with E-state index in [9.17, 15) is 4.79 Å². The molecule has 70 valence electrons. The van der Waals surface area contributed by atoms with Gasteiger partial charge in [-0.15, -0.1) is 0 Å². The predicted octanol–water partition coefficient (Wildman–Crippen LogP) is 0.841. The van der Waals surface area contributed by atoms with Gasteiger partial charge < -0.3 is 10.1 Å². The molecule has 0 atom stereocenters. The largest absolute Gasteiger partial charge is 0.481 e. The molecular weight excluding hydrogens is 168 g/mol. The van der Waals surface area contributed by atoms with Crippen molar-refractivity contribution in [3.8, 4) is 0 Å². The van der Waals surface area contributed by atoms with Crippen LogP contribution in [0.4, 0.5) is 5.69 Å². The Hall–Kier alpha value is -1.55. The third-order valence-corrected chi connectivity index (χ3v) is 1.65. The highest BCUT2D eigenvalue weighted by Crippen LogP contribution is 2.08. The average molecular weight is 180 g/mol. The van der Waals surface area contributed by atoms with Crippen molar-refractivity contribution in [2.24, 2.45) is 5.84 Å². The van der Waals surface area contributed by atoms with Crippen LogP contribution in [0.1, 0.15) is 6.42 Å². The smallest absolute Gasteiger partial charge is 0.305 e. The van der Waals surface area contributed by atoms with Gasteiger partial charge in [-0.3, -0.25) is 4.79 Å². The Morgan fingerprint density at radius 2 is 2.00 bits per heavy atom. The Bertz CT molecular complexity index is 274. The third kappa shape index (κ3) is 3.13. The van der Waals surface area contributed by atoms with Crippen LogP contribution in [0.2, 0.25) is 0 Å². The molecule has 4 nitrogen and oxygen atoms in total. The molecule has 0 fully saturated rings. The molecule has 0 aliphatic rings. The number of anilines is 1. The van der Waals surface area contributed by atoms with Crippen molar-refractivity contribution < 1.29 is 9.90 Å². The van der Waals surface area contributed by atoms with Crippen molar-refractivity contribution in [1.29, 1.82) is 0 Å². The average Bonchev–Trinajstić information content (AvgIpc) is 2.15. The van der Waals surface area contributed by atoms with Crippen LogP contribution >= 0.6 is 0 Å². The monoisotopic (exact) mass is 180 g/mol. The minimum Gasteiger partial charge on any atom is -0.481 e. The summed E-state index contributed by atoms with van der Waals surface area (Å²) in [6.45, 7) is 0.319. The summed E-state index contributed by atoms with van der Waals surface area (Å²) >= 11 is 0. The highest BCUT2D eigenvalue weighted by molar-refractivity contribution is 5.67. The lowest BCUT2D eigenvalue weighted by atomic mass is 10.3. The van der Waals surface area contributed by atoms with Crippen LogP contribution in [0.5, 0.6) is 0 Å². The van der Waals surface area contributed by atoms with E-state index in [1.807, 2.05) is 30.3 Å². The molecular formula is C9H12N2O2.